The number of anilines is 1. The summed E-state index contributed by atoms with van der Waals surface area (Å²) in [5, 5.41) is 2.47. The van der Waals surface area contributed by atoms with E-state index in [1.54, 1.807) is 12.1 Å². The van der Waals surface area contributed by atoms with Crippen molar-refractivity contribution in [1.82, 2.24) is 0 Å². The van der Waals surface area contributed by atoms with Crippen LogP contribution in [0.2, 0.25) is 0 Å². The Balaban J connectivity index is 0.000000200. The molecule has 3 nitrogen and oxygen atoms in total. The first-order valence-electron chi connectivity index (χ1n) is 5.92. The van der Waals surface area contributed by atoms with Crippen LogP contribution in [0.4, 0.5) is 10.5 Å². The van der Waals surface area contributed by atoms with Crippen LogP contribution < -0.4 is 11.1 Å². The number of nitrogens with one attached hydrogen (secondary N) is 1. The number of carbonyl (C=O) groups is 1. The van der Waals surface area contributed by atoms with Gasteiger partial charge in [-0.25, -0.2) is 4.79 Å². The Labute approximate surface area is 113 Å². The van der Waals surface area contributed by atoms with Crippen LogP contribution in [0.25, 0.3) is 6.08 Å². The van der Waals surface area contributed by atoms with Crippen LogP contribution in [0.3, 0.4) is 0 Å². The summed E-state index contributed by atoms with van der Waals surface area (Å²) in [7, 11) is 0. The van der Waals surface area contributed by atoms with Crippen molar-refractivity contribution < 1.29 is 4.79 Å². The smallest absolute Gasteiger partial charge is 0.316 e. The third kappa shape index (κ3) is 6.07. The summed E-state index contributed by atoms with van der Waals surface area (Å²) in [4.78, 5) is 10.4. The van der Waals surface area contributed by atoms with Gasteiger partial charge in [-0.15, -0.1) is 0 Å². The number of carbonyl (C=O) groups excluding carboxylic acids is 1. The van der Waals surface area contributed by atoms with Crippen molar-refractivity contribution in [3.63, 3.8) is 0 Å². The molecule has 2 amide bonds. The van der Waals surface area contributed by atoms with Crippen LogP contribution in [-0.4, -0.2) is 6.03 Å². The minimum atomic E-state index is -0.533. The van der Waals surface area contributed by atoms with Crippen molar-refractivity contribution in [1.29, 1.82) is 0 Å². The van der Waals surface area contributed by atoms with Crippen LogP contribution in [0.1, 0.15) is 11.1 Å². The van der Waals surface area contributed by atoms with Crippen LogP contribution in [0.15, 0.2) is 61.2 Å². The van der Waals surface area contributed by atoms with E-state index in [0.29, 0.717) is 0 Å². The Morgan fingerprint density at radius 1 is 1.11 bits per heavy atom. The fourth-order valence-corrected chi connectivity index (χ4v) is 1.37. The summed E-state index contributed by atoms with van der Waals surface area (Å²) < 4.78 is 0. The van der Waals surface area contributed by atoms with Gasteiger partial charge < -0.3 is 11.1 Å². The molecule has 19 heavy (non-hydrogen) atoms. The average Bonchev–Trinajstić information content (AvgIpc) is 2.42. The largest absolute Gasteiger partial charge is 0.351 e. The maximum absolute atomic E-state index is 10.4. The summed E-state index contributed by atoms with van der Waals surface area (Å²) >= 11 is 0. The van der Waals surface area contributed by atoms with Crippen molar-refractivity contribution in [3.05, 3.63) is 72.3 Å². The molecule has 0 radical (unpaired) electrons. The van der Waals surface area contributed by atoms with Gasteiger partial charge in [0.1, 0.15) is 0 Å². The predicted octanol–water partition coefficient (Wildman–Crippen LogP) is 3.82. The van der Waals surface area contributed by atoms with E-state index in [1.165, 1.54) is 5.56 Å². The second kappa shape index (κ2) is 7.71. The number of hydrogen-bond donors (Lipinski definition) is 2. The van der Waals surface area contributed by atoms with Gasteiger partial charge in [-0.3, -0.25) is 0 Å². The maximum Gasteiger partial charge on any atom is 0.316 e. The lowest BCUT2D eigenvalue weighted by molar-refractivity contribution is 0.259. The number of benzene rings is 2. The monoisotopic (exact) mass is 254 g/mol. The number of nitrogens with two attached hydrogens (primary N) is 1. The van der Waals surface area contributed by atoms with E-state index >= 15 is 0 Å². The molecule has 0 heterocycles. The highest BCUT2D eigenvalue weighted by atomic mass is 16.2. The SMILES string of the molecule is C=Cc1ccccc1.Cc1ccc(NC(N)=O)cc1. The lowest BCUT2D eigenvalue weighted by Crippen LogP contribution is -2.19. The number of aryl methyl sites for hydroxylation is 1. The fourth-order valence-electron chi connectivity index (χ4n) is 1.37. The molecule has 0 unspecified atom stereocenters. The highest BCUT2D eigenvalue weighted by Gasteiger charge is 1.92. The van der Waals surface area contributed by atoms with Gasteiger partial charge in [0.25, 0.3) is 0 Å². The van der Waals surface area contributed by atoms with E-state index < -0.39 is 6.03 Å². The average molecular weight is 254 g/mol. The molecule has 3 heteroatoms. The Kier molecular flexibility index (Phi) is 5.89. The second-order valence-electron chi connectivity index (χ2n) is 3.97. The molecule has 2 rings (SSSR count). The van der Waals surface area contributed by atoms with Gasteiger partial charge in [-0.1, -0.05) is 60.7 Å². The van der Waals surface area contributed by atoms with Gasteiger partial charge in [0.15, 0.2) is 0 Å². The molecule has 0 spiro atoms. The lowest BCUT2D eigenvalue weighted by atomic mass is 10.2. The first-order valence-corrected chi connectivity index (χ1v) is 5.92. The first kappa shape index (κ1) is 14.5. The summed E-state index contributed by atoms with van der Waals surface area (Å²) in [6, 6.07) is 16.9. The molecule has 0 atom stereocenters. The van der Waals surface area contributed by atoms with Crippen molar-refractivity contribution in [2.45, 2.75) is 6.92 Å². The van der Waals surface area contributed by atoms with Crippen LogP contribution in [0.5, 0.6) is 0 Å². The van der Waals surface area contributed by atoms with Gasteiger partial charge in [0, 0.05) is 5.69 Å². The fraction of sp³-hybridized carbons (Fsp3) is 0.0625. The van der Waals surface area contributed by atoms with E-state index in [9.17, 15) is 4.79 Å². The standard InChI is InChI=1S/C8H10N2O.C8H8/c1-6-2-4-7(5-3-6)10-8(9)11;1-2-8-6-4-3-5-7-8/h2-5H,1H3,(H3,9,10,11);2-7H,1H2. The molecule has 0 aliphatic carbocycles. The Bertz CT molecular complexity index is 518. The minimum absolute atomic E-state index is 0.533. The zero-order valence-electron chi connectivity index (χ0n) is 11.0. The Morgan fingerprint density at radius 3 is 2.11 bits per heavy atom. The van der Waals surface area contributed by atoms with Crippen molar-refractivity contribution >= 4 is 17.8 Å². The van der Waals surface area contributed by atoms with E-state index in [4.69, 9.17) is 5.73 Å². The van der Waals surface area contributed by atoms with Crippen molar-refractivity contribution in [3.8, 4) is 0 Å². The summed E-state index contributed by atoms with van der Waals surface area (Å²) in [5.41, 5.74) is 7.96. The zero-order valence-corrected chi connectivity index (χ0v) is 11.0. The number of rotatable bonds is 2. The van der Waals surface area contributed by atoms with Crippen molar-refractivity contribution in [2.75, 3.05) is 5.32 Å². The van der Waals surface area contributed by atoms with Crippen LogP contribution >= 0.6 is 0 Å². The highest BCUT2D eigenvalue weighted by molar-refractivity contribution is 5.87. The molecule has 3 N–H and O–H groups in total. The third-order valence-electron chi connectivity index (χ3n) is 2.35. The highest BCUT2D eigenvalue weighted by Crippen LogP contribution is 2.07. The third-order valence-corrected chi connectivity index (χ3v) is 2.35. The zero-order chi connectivity index (χ0) is 14.1. The number of amides is 2. The van der Waals surface area contributed by atoms with Crippen molar-refractivity contribution in [2.24, 2.45) is 5.73 Å². The Hall–Kier alpha value is -2.55. The molecule has 2 aromatic carbocycles. The quantitative estimate of drug-likeness (QED) is 0.841. The minimum Gasteiger partial charge on any atom is -0.351 e. The molecule has 0 saturated carbocycles. The molecule has 0 aliphatic rings. The molecular formula is C16H18N2O. The van der Waals surface area contributed by atoms with E-state index in [-0.39, 0.29) is 0 Å². The van der Waals surface area contributed by atoms with E-state index in [1.807, 2.05) is 55.5 Å². The second-order valence-corrected chi connectivity index (χ2v) is 3.97. The molecule has 0 aliphatic heterocycles. The van der Waals surface area contributed by atoms with E-state index in [2.05, 4.69) is 11.9 Å². The summed E-state index contributed by atoms with van der Waals surface area (Å²) in [6.07, 6.45) is 1.83. The molecule has 2 aromatic rings. The predicted molar refractivity (Wildman–Crippen MR) is 80.9 cm³/mol. The molecule has 0 aromatic heterocycles. The number of urea groups is 1. The Morgan fingerprint density at radius 2 is 1.68 bits per heavy atom. The molecular weight excluding hydrogens is 236 g/mol. The summed E-state index contributed by atoms with van der Waals surface area (Å²) in [6.45, 7) is 5.61. The van der Waals surface area contributed by atoms with E-state index in [0.717, 1.165) is 11.3 Å². The van der Waals surface area contributed by atoms with Gasteiger partial charge in [-0.05, 0) is 24.6 Å². The lowest BCUT2D eigenvalue weighted by Gasteiger charge is -2.00. The molecule has 0 fully saturated rings. The van der Waals surface area contributed by atoms with Gasteiger partial charge in [0.2, 0.25) is 0 Å². The van der Waals surface area contributed by atoms with Crippen LogP contribution in [-0.2, 0) is 0 Å². The van der Waals surface area contributed by atoms with Crippen LogP contribution in [0, 0.1) is 6.92 Å². The molecule has 0 bridgehead atoms. The number of hydrogen-bond acceptors (Lipinski definition) is 1. The first-order chi connectivity index (χ1) is 9.11. The normalized spacial score (nSPS) is 8.89. The summed E-state index contributed by atoms with van der Waals surface area (Å²) in [5.74, 6) is 0. The van der Waals surface area contributed by atoms with Gasteiger partial charge in [0.05, 0.1) is 0 Å². The number of primary amides is 1. The molecule has 0 saturated heterocycles. The topological polar surface area (TPSA) is 55.1 Å². The van der Waals surface area contributed by atoms with Gasteiger partial charge >= 0.3 is 6.03 Å². The maximum atomic E-state index is 10.4. The van der Waals surface area contributed by atoms with Gasteiger partial charge in [-0.2, -0.15) is 0 Å². The molecule has 98 valence electrons.